The van der Waals surface area contributed by atoms with Gasteiger partial charge in [-0.15, -0.1) is 0 Å². The molecule has 2 N–H and O–H groups in total. The van der Waals surface area contributed by atoms with Crippen molar-refractivity contribution in [2.75, 3.05) is 0 Å². The Bertz CT molecular complexity index is 841. The second kappa shape index (κ2) is 6.00. The first-order valence-electron chi connectivity index (χ1n) is 6.44. The number of aromatic amines is 1. The summed E-state index contributed by atoms with van der Waals surface area (Å²) in [6.45, 7) is 0.0488. The van der Waals surface area contributed by atoms with Crippen molar-refractivity contribution in [1.82, 2.24) is 25.4 Å². The van der Waals surface area contributed by atoms with Crippen LogP contribution in [0.3, 0.4) is 0 Å². The molecule has 0 unspecified atom stereocenters. The van der Waals surface area contributed by atoms with Crippen LogP contribution in [0.4, 0.5) is 0 Å². The molecule has 110 valence electrons. The van der Waals surface area contributed by atoms with E-state index in [1.807, 2.05) is 0 Å². The number of rotatable bonds is 4. The number of nitrogens with zero attached hydrogens (tertiary/aromatic N) is 3. The van der Waals surface area contributed by atoms with E-state index in [2.05, 4.69) is 25.4 Å². The predicted molar refractivity (Wildman–Crippen MR) is 75.8 cm³/mol. The molecule has 8 nitrogen and oxygen atoms in total. The lowest BCUT2D eigenvalue weighted by molar-refractivity contribution is 0.0941. The highest BCUT2D eigenvalue weighted by Gasteiger charge is 2.13. The molecular formula is C14H11N5O3. The Balaban J connectivity index is 1.69. The quantitative estimate of drug-likeness (QED) is 0.734. The zero-order chi connectivity index (χ0) is 15.4. The van der Waals surface area contributed by atoms with Crippen molar-refractivity contribution in [3.8, 4) is 11.4 Å². The lowest BCUT2D eigenvalue weighted by Crippen LogP contribution is -2.23. The van der Waals surface area contributed by atoms with Gasteiger partial charge in [-0.1, -0.05) is 11.2 Å². The lowest BCUT2D eigenvalue weighted by atomic mass is 10.3. The van der Waals surface area contributed by atoms with Gasteiger partial charge < -0.3 is 14.8 Å². The van der Waals surface area contributed by atoms with Crippen LogP contribution >= 0.6 is 0 Å². The molecule has 0 fully saturated rings. The van der Waals surface area contributed by atoms with Crippen molar-refractivity contribution in [2.45, 2.75) is 6.54 Å². The van der Waals surface area contributed by atoms with Crippen LogP contribution < -0.4 is 10.9 Å². The summed E-state index contributed by atoms with van der Waals surface area (Å²) in [5.74, 6) is 0.0179. The van der Waals surface area contributed by atoms with E-state index in [4.69, 9.17) is 4.52 Å². The zero-order valence-electron chi connectivity index (χ0n) is 11.3. The van der Waals surface area contributed by atoms with Gasteiger partial charge in [-0.25, -0.2) is 0 Å². The predicted octanol–water partition coefficient (Wildman–Crippen LogP) is 0.750. The van der Waals surface area contributed by atoms with Gasteiger partial charge in [0.15, 0.2) is 0 Å². The molecule has 22 heavy (non-hydrogen) atoms. The Morgan fingerprint density at radius 2 is 2.18 bits per heavy atom. The van der Waals surface area contributed by atoms with E-state index in [-0.39, 0.29) is 29.7 Å². The minimum atomic E-state index is -0.349. The molecule has 0 saturated heterocycles. The summed E-state index contributed by atoms with van der Waals surface area (Å²) in [6.07, 6.45) is 3.04. The van der Waals surface area contributed by atoms with Crippen molar-refractivity contribution in [1.29, 1.82) is 0 Å². The Kier molecular flexibility index (Phi) is 3.73. The maximum absolute atomic E-state index is 11.8. The number of hydrogen-bond acceptors (Lipinski definition) is 6. The van der Waals surface area contributed by atoms with E-state index in [1.54, 1.807) is 30.3 Å². The lowest BCUT2D eigenvalue weighted by Gasteiger charge is -2.00. The largest absolute Gasteiger partial charge is 0.342 e. The van der Waals surface area contributed by atoms with E-state index in [9.17, 15) is 9.59 Å². The molecule has 0 saturated carbocycles. The van der Waals surface area contributed by atoms with Crippen molar-refractivity contribution in [3.63, 3.8) is 0 Å². The number of carbonyl (C=O) groups is 1. The van der Waals surface area contributed by atoms with Crippen molar-refractivity contribution >= 4 is 5.91 Å². The van der Waals surface area contributed by atoms with Crippen molar-refractivity contribution < 1.29 is 9.32 Å². The molecule has 8 heteroatoms. The van der Waals surface area contributed by atoms with Crippen LogP contribution in [0.5, 0.6) is 0 Å². The molecule has 0 aromatic carbocycles. The number of carbonyl (C=O) groups excluding carboxylic acids is 1. The minimum absolute atomic E-state index is 0.0488. The third kappa shape index (κ3) is 2.90. The number of amides is 1. The average molecular weight is 297 g/mol. The molecule has 3 rings (SSSR count). The number of H-pyrrole nitrogens is 1. The second-order valence-corrected chi connectivity index (χ2v) is 4.32. The third-order valence-corrected chi connectivity index (χ3v) is 2.82. The maximum atomic E-state index is 11.8. The first-order valence-corrected chi connectivity index (χ1v) is 6.44. The number of nitrogens with one attached hydrogen (secondary N) is 2. The average Bonchev–Trinajstić information content (AvgIpc) is 3.02. The number of pyridine rings is 2. The molecule has 0 atom stereocenters. The van der Waals surface area contributed by atoms with Crippen LogP contribution in [-0.4, -0.2) is 26.0 Å². The van der Waals surface area contributed by atoms with Gasteiger partial charge in [0.25, 0.3) is 11.5 Å². The summed E-state index contributed by atoms with van der Waals surface area (Å²) >= 11 is 0. The summed E-state index contributed by atoms with van der Waals surface area (Å²) in [5, 5.41) is 6.34. The summed E-state index contributed by atoms with van der Waals surface area (Å²) in [4.78, 5) is 34.0. The van der Waals surface area contributed by atoms with E-state index in [0.29, 0.717) is 11.3 Å². The summed E-state index contributed by atoms with van der Waals surface area (Å²) in [6, 6.07) is 8.28. The van der Waals surface area contributed by atoms with Crippen LogP contribution in [0.15, 0.2) is 52.0 Å². The Labute approximate surface area is 124 Å². The van der Waals surface area contributed by atoms with Crippen LogP contribution in [0.1, 0.15) is 16.4 Å². The summed E-state index contributed by atoms with van der Waals surface area (Å²) < 4.78 is 5.01. The maximum Gasteiger partial charge on any atom is 0.270 e. The fourth-order valence-electron chi connectivity index (χ4n) is 1.78. The van der Waals surface area contributed by atoms with Gasteiger partial charge in [0.05, 0.1) is 12.1 Å². The molecule has 0 bridgehead atoms. The Morgan fingerprint density at radius 1 is 1.27 bits per heavy atom. The Morgan fingerprint density at radius 3 is 2.95 bits per heavy atom. The van der Waals surface area contributed by atoms with Gasteiger partial charge in [0, 0.05) is 12.4 Å². The fourth-order valence-corrected chi connectivity index (χ4v) is 1.78. The molecule has 3 heterocycles. The van der Waals surface area contributed by atoms with Crippen LogP contribution in [-0.2, 0) is 6.54 Å². The van der Waals surface area contributed by atoms with Gasteiger partial charge in [0.1, 0.15) is 5.69 Å². The van der Waals surface area contributed by atoms with E-state index in [0.717, 1.165) is 0 Å². The van der Waals surface area contributed by atoms with E-state index >= 15 is 0 Å². The highest BCUT2D eigenvalue weighted by Crippen LogP contribution is 2.10. The highest BCUT2D eigenvalue weighted by molar-refractivity contribution is 5.92. The van der Waals surface area contributed by atoms with Gasteiger partial charge in [0.2, 0.25) is 11.7 Å². The normalized spacial score (nSPS) is 10.4. The zero-order valence-corrected chi connectivity index (χ0v) is 11.3. The van der Waals surface area contributed by atoms with Crippen LogP contribution in [0.2, 0.25) is 0 Å². The second-order valence-electron chi connectivity index (χ2n) is 4.32. The van der Waals surface area contributed by atoms with Gasteiger partial charge in [-0.3, -0.25) is 14.6 Å². The first-order chi connectivity index (χ1) is 10.7. The van der Waals surface area contributed by atoms with Gasteiger partial charge >= 0.3 is 0 Å². The molecule has 0 radical (unpaired) electrons. The monoisotopic (exact) mass is 297 g/mol. The fraction of sp³-hybridized carbons (Fsp3) is 0.0714. The molecule has 1 amide bonds. The van der Waals surface area contributed by atoms with Gasteiger partial charge in [-0.05, 0) is 24.3 Å². The molecule has 0 aliphatic rings. The smallest absolute Gasteiger partial charge is 0.270 e. The van der Waals surface area contributed by atoms with Gasteiger partial charge in [-0.2, -0.15) is 4.98 Å². The summed E-state index contributed by atoms with van der Waals surface area (Å²) in [7, 11) is 0. The molecule has 0 spiro atoms. The highest BCUT2D eigenvalue weighted by atomic mass is 16.5. The SMILES string of the molecule is O=C(NCc1nc(-c2ccc[nH]c2=O)no1)c1ccccn1. The van der Waals surface area contributed by atoms with E-state index in [1.165, 1.54) is 12.4 Å². The molecular weight excluding hydrogens is 286 g/mol. The minimum Gasteiger partial charge on any atom is -0.342 e. The third-order valence-electron chi connectivity index (χ3n) is 2.82. The standard InChI is InChI=1S/C14H11N5O3/c20-13-9(4-3-7-16-13)12-18-11(22-19-12)8-17-14(21)10-5-1-2-6-15-10/h1-7H,8H2,(H,16,20)(H,17,21). The molecule has 3 aromatic rings. The molecule has 0 aliphatic carbocycles. The summed E-state index contributed by atoms with van der Waals surface area (Å²) in [5.41, 5.74) is 0.280. The molecule has 3 aromatic heterocycles. The molecule has 0 aliphatic heterocycles. The van der Waals surface area contributed by atoms with Crippen molar-refractivity contribution in [3.05, 3.63) is 64.7 Å². The topological polar surface area (TPSA) is 114 Å². The number of aromatic nitrogens is 4. The van der Waals surface area contributed by atoms with Crippen LogP contribution in [0.25, 0.3) is 11.4 Å². The van der Waals surface area contributed by atoms with E-state index < -0.39 is 0 Å². The Hall–Kier alpha value is -3.29. The first kappa shape index (κ1) is 13.7. The number of hydrogen-bond donors (Lipinski definition) is 2. The van der Waals surface area contributed by atoms with Crippen LogP contribution in [0, 0.1) is 0 Å². The van der Waals surface area contributed by atoms with Crippen molar-refractivity contribution in [2.24, 2.45) is 0 Å².